The van der Waals surface area contributed by atoms with Crippen molar-refractivity contribution >= 4 is 28.6 Å². The fourth-order valence-corrected chi connectivity index (χ4v) is 5.08. The van der Waals surface area contributed by atoms with Gasteiger partial charge in [-0.15, -0.1) is 22.7 Å². The summed E-state index contributed by atoms with van der Waals surface area (Å²) in [5, 5.41) is 2.94. The van der Waals surface area contributed by atoms with Crippen LogP contribution >= 0.6 is 22.7 Å². The van der Waals surface area contributed by atoms with Crippen LogP contribution in [-0.4, -0.2) is 61.1 Å². The molecule has 1 aromatic carbocycles. The van der Waals surface area contributed by atoms with Gasteiger partial charge in [0.1, 0.15) is 9.88 Å². The highest BCUT2D eigenvalue weighted by molar-refractivity contribution is 7.21. The molecule has 0 N–H and O–H groups in total. The number of thiophene rings is 1. The molecule has 0 saturated carbocycles. The Morgan fingerprint density at radius 1 is 1.10 bits per heavy atom. The van der Waals surface area contributed by atoms with Gasteiger partial charge in [0.05, 0.1) is 25.3 Å². The second kappa shape index (κ2) is 8.94. The summed E-state index contributed by atoms with van der Waals surface area (Å²) in [5.74, 6) is 1.56. The maximum Gasteiger partial charge on any atom is 0.265 e. The molecule has 8 heteroatoms. The number of hydrogen-bond donors (Lipinski definition) is 0. The Morgan fingerprint density at radius 2 is 1.90 bits per heavy atom. The zero-order valence-electron chi connectivity index (χ0n) is 16.5. The van der Waals surface area contributed by atoms with E-state index in [9.17, 15) is 4.79 Å². The summed E-state index contributed by atoms with van der Waals surface area (Å²) in [5.41, 5.74) is 1.17. The largest absolute Gasteiger partial charge is 0.493 e. The van der Waals surface area contributed by atoms with Gasteiger partial charge in [-0.2, -0.15) is 0 Å². The van der Waals surface area contributed by atoms with Crippen molar-refractivity contribution in [3.05, 3.63) is 52.3 Å². The van der Waals surface area contributed by atoms with Crippen LogP contribution < -0.4 is 9.47 Å². The average molecular weight is 430 g/mol. The number of piperazine rings is 1. The van der Waals surface area contributed by atoms with Crippen LogP contribution in [-0.2, 0) is 6.54 Å². The quantitative estimate of drug-likeness (QED) is 0.596. The SMILES string of the molecule is COc1ccc(CN2CCN(C(=O)c3cnc(-c4cccs4)s3)CC2)cc1OC. The number of nitrogens with zero attached hydrogens (tertiary/aromatic N) is 3. The molecule has 2 aromatic heterocycles. The third kappa shape index (κ3) is 4.44. The van der Waals surface area contributed by atoms with Gasteiger partial charge in [0, 0.05) is 32.7 Å². The van der Waals surface area contributed by atoms with Crippen molar-refractivity contribution in [3.8, 4) is 21.4 Å². The number of hydrogen-bond acceptors (Lipinski definition) is 7. The van der Waals surface area contributed by atoms with E-state index in [1.165, 1.54) is 16.9 Å². The second-order valence-electron chi connectivity index (χ2n) is 6.76. The summed E-state index contributed by atoms with van der Waals surface area (Å²) in [6.07, 6.45) is 1.71. The van der Waals surface area contributed by atoms with Gasteiger partial charge < -0.3 is 14.4 Å². The minimum Gasteiger partial charge on any atom is -0.493 e. The molecular weight excluding hydrogens is 406 g/mol. The summed E-state index contributed by atoms with van der Waals surface area (Å²) in [7, 11) is 3.29. The Morgan fingerprint density at radius 3 is 2.59 bits per heavy atom. The topological polar surface area (TPSA) is 54.9 Å². The van der Waals surface area contributed by atoms with Crippen molar-refractivity contribution < 1.29 is 14.3 Å². The zero-order chi connectivity index (χ0) is 20.2. The number of ether oxygens (including phenoxy) is 2. The van der Waals surface area contributed by atoms with Gasteiger partial charge in [-0.25, -0.2) is 4.98 Å². The molecule has 3 heterocycles. The van der Waals surface area contributed by atoms with E-state index in [1.54, 1.807) is 31.8 Å². The number of methoxy groups -OCH3 is 2. The van der Waals surface area contributed by atoms with E-state index in [2.05, 4.69) is 16.0 Å². The molecular formula is C21H23N3O3S2. The number of amides is 1. The van der Waals surface area contributed by atoms with Crippen molar-refractivity contribution in [2.45, 2.75) is 6.54 Å². The van der Waals surface area contributed by atoms with Crippen molar-refractivity contribution in [2.24, 2.45) is 0 Å². The zero-order valence-corrected chi connectivity index (χ0v) is 18.1. The van der Waals surface area contributed by atoms with E-state index in [1.807, 2.05) is 34.5 Å². The molecule has 1 fully saturated rings. The van der Waals surface area contributed by atoms with Crippen LogP contribution in [0.15, 0.2) is 41.9 Å². The van der Waals surface area contributed by atoms with Crippen LogP contribution in [0.1, 0.15) is 15.2 Å². The van der Waals surface area contributed by atoms with Gasteiger partial charge in [-0.3, -0.25) is 9.69 Å². The van der Waals surface area contributed by atoms with E-state index in [0.717, 1.165) is 54.1 Å². The molecule has 0 aliphatic carbocycles. The summed E-state index contributed by atoms with van der Waals surface area (Å²) < 4.78 is 10.7. The second-order valence-corrected chi connectivity index (χ2v) is 8.74. The van der Waals surface area contributed by atoms with Crippen molar-refractivity contribution in [1.82, 2.24) is 14.8 Å². The van der Waals surface area contributed by atoms with E-state index >= 15 is 0 Å². The van der Waals surface area contributed by atoms with Crippen LogP contribution in [0.4, 0.5) is 0 Å². The van der Waals surface area contributed by atoms with E-state index in [4.69, 9.17) is 9.47 Å². The highest BCUT2D eigenvalue weighted by Crippen LogP contribution is 2.30. The molecule has 1 saturated heterocycles. The first-order chi connectivity index (χ1) is 14.2. The summed E-state index contributed by atoms with van der Waals surface area (Å²) >= 11 is 3.11. The number of rotatable bonds is 6. The molecule has 29 heavy (non-hydrogen) atoms. The number of thiazole rings is 1. The standard InChI is InChI=1S/C21H23N3O3S2/c1-26-16-6-5-15(12-17(16)27-2)14-23-7-9-24(10-8-23)21(25)19-13-22-20(29-19)18-4-3-11-28-18/h3-6,11-13H,7-10,14H2,1-2H3. The summed E-state index contributed by atoms with van der Waals surface area (Å²) in [6.45, 7) is 3.95. The molecule has 1 amide bonds. The minimum atomic E-state index is 0.0797. The Hall–Kier alpha value is -2.42. The van der Waals surface area contributed by atoms with E-state index < -0.39 is 0 Å². The first kappa shape index (κ1) is 19.9. The van der Waals surface area contributed by atoms with Gasteiger partial charge in [0.2, 0.25) is 0 Å². The number of carbonyl (C=O) groups is 1. The van der Waals surface area contributed by atoms with Gasteiger partial charge in [-0.05, 0) is 29.1 Å². The van der Waals surface area contributed by atoms with Crippen LogP contribution in [0.2, 0.25) is 0 Å². The summed E-state index contributed by atoms with van der Waals surface area (Å²) in [4.78, 5) is 23.4. The Labute approximate surface area is 178 Å². The van der Waals surface area contributed by atoms with Gasteiger partial charge in [0.15, 0.2) is 11.5 Å². The number of carbonyl (C=O) groups excluding carboxylic acids is 1. The molecule has 1 aliphatic rings. The van der Waals surface area contributed by atoms with Gasteiger partial charge >= 0.3 is 0 Å². The smallest absolute Gasteiger partial charge is 0.265 e. The average Bonchev–Trinajstić information content (AvgIpc) is 3.45. The molecule has 0 bridgehead atoms. The molecule has 4 rings (SSSR count). The fourth-order valence-electron chi connectivity index (χ4n) is 3.39. The lowest BCUT2D eigenvalue weighted by Crippen LogP contribution is -2.48. The normalized spacial score (nSPS) is 14.8. The lowest BCUT2D eigenvalue weighted by Gasteiger charge is -2.34. The van der Waals surface area contributed by atoms with Crippen LogP contribution in [0.25, 0.3) is 9.88 Å². The number of aromatic nitrogens is 1. The fraction of sp³-hybridized carbons (Fsp3) is 0.333. The molecule has 0 unspecified atom stereocenters. The van der Waals surface area contributed by atoms with Gasteiger partial charge in [-0.1, -0.05) is 12.1 Å². The lowest BCUT2D eigenvalue weighted by atomic mass is 10.1. The third-order valence-electron chi connectivity index (χ3n) is 4.96. The van der Waals surface area contributed by atoms with Gasteiger partial charge in [0.25, 0.3) is 5.91 Å². The Bertz CT molecular complexity index is 963. The van der Waals surface area contributed by atoms with E-state index in [-0.39, 0.29) is 5.91 Å². The predicted molar refractivity (Wildman–Crippen MR) is 116 cm³/mol. The maximum atomic E-state index is 12.9. The molecule has 6 nitrogen and oxygen atoms in total. The van der Waals surface area contributed by atoms with Crippen molar-refractivity contribution in [1.29, 1.82) is 0 Å². The molecule has 1 aliphatic heterocycles. The lowest BCUT2D eigenvalue weighted by molar-refractivity contribution is 0.0633. The monoisotopic (exact) mass is 429 g/mol. The first-order valence-corrected chi connectivity index (χ1v) is 11.1. The molecule has 152 valence electrons. The Kier molecular flexibility index (Phi) is 6.13. The highest BCUT2D eigenvalue weighted by Gasteiger charge is 2.24. The Balaban J connectivity index is 1.34. The van der Waals surface area contributed by atoms with Crippen molar-refractivity contribution in [3.63, 3.8) is 0 Å². The third-order valence-corrected chi connectivity index (χ3v) is 6.99. The van der Waals surface area contributed by atoms with Crippen molar-refractivity contribution in [2.75, 3.05) is 40.4 Å². The molecule has 0 atom stereocenters. The van der Waals surface area contributed by atoms with Crippen LogP contribution in [0.5, 0.6) is 11.5 Å². The van der Waals surface area contributed by atoms with Crippen LogP contribution in [0.3, 0.4) is 0 Å². The molecule has 3 aromatic rings. The first-order valence-electron chi connectivity index (χ1n) is 9.40. The summed E-state index contributed by atoms with van der Waals surface area (Å²) in [6, 6.07) is 10.0. The van der Waals surface area contributed by atoms with E-state index in [0.29, 0.717) is 4.88 Å². The molecule has 0 spiro atoms. The predicted octanol–water partition coefficient (Wildman–Crippen LogP) is 3.85. The minimum absolute atomic E-state index is 0.0797. The molecule has 0 radical (unpaired) electrons. The number of benzene rings is 1. The highest BCUT2D eigenvalue weighted by atomic mass is 32.1. The maximum absolute atomic E-state index is 12.9. The van der Waals surface area contributed by atoms with Crippen LogP contribution in [0, 0.1) is 0 Å².